The van der Waals surface area contributed by atoms with Gasteiger partial charge in [0.25, 0.3) is 5.56 Å². The highest BCUT2D eigenvalue weighted by atomic mass is 32.1. The smallest absolute Gasteiger partial charge is 0.258 e. The highest BCUT2D eigenvalue weighted by Gasteiger charge is 2.07. The molecular formula is C11H15N3O2S. The van der Waals surface area contributed by atoms with Crippen molar-refractivity contribution in [3.8, 4) is 0 Å². The molecule has 0 saturated heterocycles. The van der Waals surface area contributed by atoms with Crippen LogP contribution in [-0.4, -0.2) is 39.1 Å². The van der Waals surface area contributed by atoms with Gasteiger partial charge in [-0.1, -0.05) is 6.92 Å². The second-order valence-corrected chi connectivity index (χ2v) is 4.61. The predicted molar refractivity (Wildman–Crippen MR) is 67.4 cm³/mol. The maximum atomic E-state index is 11.8. The summed E-state index contributed by atoms with van der Waals surface area (Å²) in [5.41, 5.74) is 0.707. The average molecular weight is 253 g/mol. The molecule has 0 fully saturated rings. The molecule has 0 unspecified atom stereocenters. The van der Waals surface area contributed by atoms with Crippen LogP contribution in [0.1, 0.15) is 12.6 Å². The molecule has 2 aromatic rings. The Morgan fingerprint density at radius 3 is 3.12 bits per heavy atom. The van der Waals surface area contributed by atoms with Gasteiger partial charge in [-0.2, -0.15) is 0 Å². The van der Waals surface area contributed by atoms with Crippen LogP contribution in [-0.2, 0) is 6.54 Å². The molecule has 2 heterocycles. The maximum Gasteiger partial charge on any atom is 0.258 e. The normalized spacial score (nSPS) is 11.5. The summed E-state index contributed by atoms with van der Waals surface area (Å²) >= 11 is 1.45. The van der Waals surface area contributed by atoms with Crippen LogP contribution in [0.2, 0.25) is 0 Å². The van der Waals surface area contributed by atoms with Crippen LogP contribution in [0, 0.1) is 0 Å². The summed E-state index contributed by atoms with van der Waals surface area (Å²) in [5, 5.41) is 10.8. The molecule has 0 aromatic carbocycles. The average Bonchev–Trinajstić information content (AvgIpc) is 2.77. The van der Waals surface area contributed by atoms with Gasteiger partial charge < -0.3 is 5.11 Å². The second kappa shape index (κ2) is 5.39. The van der Waals surface area contributed by atoms with Gasteiger partial charge in [-0.15, -0.1) is 11.3 Å². The van der Waals surface area contributed by atoms with Gasteiger partial charge in [0.2, 0.25) is 0 Å². The molecule has 1 N–H and O–H groups in total. The Hall–Kier alpha value is -1.24. The Kier molecular flexibility index (Phi) is 3.88. The van der Waals surface area contributed by atoms with Crippen LogP contribution in [0.3, 0.4) is 0 Å². The van der Waals surface area contributed by atoms with E-state index < -0.39 is 0 Å². The minimum absolute atomic E-state index is 0.0497. The molecule has 0 aliphatic carbocycles. The molecule has 2 aromatic heterocycles. The number of rotatable bonds is 5. The molecule has 0 aliphatic rings. The lowest BCUT2D eigenvalue weighted by atomic mass is 10.3. The monoisotopic (exact) mass is 253 g/mol. The topological polar surface area (TPSA) is 57.8 Å². The van der Waals surface area contributed by atoms with Crippen molar-refractivity contribution in [2.75, 3.05) is 19.7 Å². The number of nitrogens with zero attached hydrogens (tertiary/aromatic N) is 3. The van der Waals surface area contributed by atoms with Crippen molar-refractivity contribution in [1.29, 1.82) is 0 Å². The first-order valence-electron chi connectivity index (χ1n) is 5.53. The van der Waals surface area contributed by atoms with Gasteiger partial charge in [0.1, 0.15) is 0 Å². The molecule has 17 heavy (non-hydrogen) atoms. The Morgan fingerprint density at radius 1 is 1.59 bits per heavy atom. The Morgan fingerprint density at radius 2 is 2.41 bits per heavy atom. The van der Waals surface area contributed by atoms with Gasteiger partial charge in [-0.3, -0.25) is 14.1 Å². The minimum atomic E-state index is -0.0497. The van der Waals surface area contributed by atoms with Crippen molar-refractivity contribution >= 4 is 16.3 Å². The van der Waals surface area contributed by atoms with Crippen LogP contribution >= 0.6 is 11.3 Å². The number of aliphatic hydroxyl groups is 1. The zero-order chi connectivity index (χ0) is 12.3. The van der Waals surface area contributed by atoms with Gasteiger partial charge in [-0.05, 0) is 6.54 Å². The van der Waals surface area contributed by atoms with E-state index in [1.54, 1.807) is 12.3 Å². The molecule has 6 heteroatoms. The number of hydrogen-bond acceptors (Lipinski definition) is 5. The van der Waals surface area contributed by atoms with Crippen molar-refractivity contribution in [3.05, 3.63) is 33.7 Å². The summed E-state index contributed by atoms with van der Waals surface area (Å²) < 4.78 is 1.54. The number of hydrogen-bond donors (Lipinski definition) is 1. The Bertz CT molecular complexity index is 549. The van der Waals surface area contributed by atoms with E-state index in [-0.39, 0.29) is 12.2 Å². The molecule has 0 aliphatic heterocycles. The summed E-state index contributed by atoms with van der Waals surface area (Å²) in [5.74, 6) is 0. The van der Waals surface area contributed by atoms with Gasteiger partial charge in [0, 0.05) is 30.7 Å². The molecule has 0 bridgehead atoms. The molecule has 92 valence electrons. The highest BCUT2D eigenvalue weighted by Crippen LogP contribution is 2.07. The van der Waals surface area contributed by atoms with Gasteiger partial charge in [0.05, 0.1) is 12.3 Å². The van der Waals surface area contributed by atoms with E-state index in [4.69, 9.17) is 5.11 Å². The van der Waals surface area contributed by atoms with Gasteiger partial charge in [0.15, 0.2) is 4.96 Å². The second-order valence-electron chi connectivity index (χ2n) is 3.73. The molecule has 0 spiro atoms. The number of thiazole rings is 1. The van der Waals surface area contributed by atoms with Crippen LogP contribution in [0.15, 0.2) is 22.4 Å². The molecule has 0 radical (unpaired) electrons. The third kappa shape index (κ3) is 2.71. The summed E-state index contributed by atoms with van der Waals surface area (Å²) in [6, 6.07) is 1.56. The Labute approximate surface area is 103 Å². The molecule has 0 amide bonds. The number of fused-ring (bicyclic) bond motifs is 1. The molecule has 5 nitrogen and oxygen atoms in total. The SMILES string of the molecule is CCN(CCO)Cc1cc(=O)n2ccsc2n1. The van der Waals surface area contributed by atoms with E-state index in [0.717, 1.165) is 12.2 Å². The summed E-state index contributed by atoms with van der Waals surface area (Å²) in [6.45, 7) is 4.16. The lowest BCUT2D eigenvalue weighted by Crippen LogP contribution is -2.27. The van der Waals surface area contributed by atoms with Gasteiger partial charge in [-0.25, -0.2) is 4.98 Å². The fourth-order valence-electron chi connectivity index (χ4n) is 1.69. The molecule has 0 atom stereocenters. The standard InChI is InChI=1S/C11H15N3O2S/c1-2-13(3-5-15)8-9-7-10(16)14-4-6-17-11(14)12-9/h4,6-7,15H,2-3,5,8H2,1H3. The third-order valence-electron chi connectivity index (χ3n) is 2.61. The van der Waals surface area contributed by atoms with Crippen LogP contribution in [0.25, 0.3) is 4.96 Å². The van der Waals surface area contributed by atoms with E-state index in [1.165, 1.54) is 15.7 Å². The summed E-state index contributed by atoms with van der Waals surface area (Å²) in [6.07, 6.45) is 1.73. The first kappa shape index (κ1) is 12.2. The number of likely N-dealkylation sites (N-methyl/N-ethyl adjacent to an activating group) is 1. The van der Waals surface area contributed by atoms with Crippen molar-refractivity contribution in [3.63, 3.8) is 0 Å². The molecule has 0 saturated carbocycles. The van der Waals surface area contributed by atoms with Crippen LogP contribution in [0.4, 0.5) is 0 Å². The maximum absolute atomic E-state index is 11.8. The summed E-state index contributed by atoms with van der Waals surface area (Å²) in [7, 11) is 0. The lowest BCUT2D eigenvalue weighted by molar-refractivity contribution is 0.195. The van der Waals surface area contributed by atoms with Gasteiger partial charge >= 0.3 is 0 Å². The zero-order valence-electron chi connectivity index (χ0n) is 9.67. The largest absolute Gasteiger partial charge is 0.395 e. The first-order chi connectivity index (χ1) is 8.24. The molecule has 2 rings (SSSR count). The minimum Gasteiger partial charge on any atom is -0.395 e. The predicted octanol–water partition coefficient (Wildman–Crippen LogP) is 0.570. The Balaban J connectivity index is 2.26. The van der Waals surface area contributed by atoms with Crippen LogP contribution in [0.5, 0.6) is 0 Å². The van der Waals surface area contributed by atoms with Crippen LogP contribution < -0.4 is 5.56 Å². The highest BCUT2D eigenvalue weighted by molar-refractivity contribution is 7.15. The quantitative estimate of drug-likeness (QED) is 0.846. The summed E-state index contributed by atoms with van der Waals surface area (Å²) in [4.78, 5) is 18.9. The van der Waals surface area contributed by atoms with E-state index in [1.807, 2.05) is 17.2 Å². The first-order valence-corrected chi connectivity index (χ1v) is 6.41. The fourth-order valence-corrected chi connectivity index (χ4v) is 2.43. The number of aliphatic hydroxyl groups excluding tert-OH is 1. The zero-order valence-corrected chi connectivity index (χ0v) is 10.5. The van der Waals surface area contributed by atoms with E-state index in [0.29, 0.717) is 18.1 Å². The van der Waals surface area contributed by atoms with E-state index in [9.17, 15) is 4.79 Å². The van der Waals surface area contributed by atoms with E-state index in [2.05, 4.69) is 4.98 Å². The lowest BCUT2D eigenvalue weighted by Gasteiger charge is -2.18. The van der Waals surface area contributed by atoms with Crippen molar-refractivity contribution < 1.29 is 5.11 Å². The van der Waals surface area contributed by atoms with E-state index >= 15 is 0 Å². The van der Waals surface area contributed by atoms with Crippen molar-refractivity contribution in [2.24, 2.45) is 0 Å². The fraction of sp³-hybridized carbons (Fsp3) is 0.455. The number of aromatic nitrogens is 2. The third-order valence-corrected chi connectivity index (χ3v) is 3.36. The molecular weight excluding hydrogens is 238 g/mol. The van der Waals surface area contributed by atoms with Crippen molar-refractivity contribution in [2.45, 2.75) is 13.5 Å². The van der Waals surface area contributed by atoms with Crippen molar-refractivity contribution in [1.82, 2.24) is 14.3 Å².